The van der Waals surface area contributed by atoms with E-state index in [9.17, 15) is 0 Å². The number of ether oxygens (including phenoxy) is 12. The Balaban J connectivity index is 0.000000659. The van der Waals surface area contributed by atoms with E-state index >= 15 is 0 Å². The highest BCUT2D eigenvalue weighted by Crippen LogP contribution is 2.56. The first-order valence-electron chi connectivity index (χ1n) is 33.6. The number of hydrogen-bond donors (Lipinski definition) is 0. The molecule has 8 aromatic carbocycles. The standard InChI is InChI=1S/2C40H48N2O6.4HI.7H2O/c2*1-41(2)17-15-27-22-34(44-6)36-24-30(27)31(41)19-25-9-12-29(13-10-25)47-35-21-26(11-14-33(35)43-5)20-32-38-28(16-18-42(32,3)4)23-37(45-7)39(46-8)40(38)48-36;;;;;;;;;;;/h2*9-14,21-24,31-32H,15-20H2,1-8H3;4*1H;7*1H2/q2*+2;;;;;;;;;;;/p-4/t2*31-,32-;;;;;;;;;;;/m00.........../s1. The van der Waals surface area contributed by atoms with Gasteiger partial charge in [0.2, 0.25) is 11.5 Å². The summed E-state index contributed by atoms with van der Waals surface area (Å²) < 4.78 is 78.2. The fourth-order valence-electron chi connectivity index (χ4n) is 15.9. The summed E-state index contributed by atoms with van der Waals surface area (Å²) in [5.41, 5.74) is 14.6. The van der Waals surface area contributed by atoms with E-state index in [1.54, 1.807) is 56.9 Å². The molecule has 0 spiro atoms. The molecule has 0 amide bonds. The lowest BCUT2D eigenvalue weighted by atomic mass is 9.85. The molecule has 0 unspecified atom stereocenters. The molecule has 16 rings (SSSR count). The highest BCUT2D eigenvalue weighted by molar-refractivity contribution is 5.65. The van der Waals surface area contributed by atoms with Crippen LogP contribution in [0.4, 0.5) is 0 Å². The molecule has 8 aromatic rings. The van der Waals surface area contributed by atoms with E-state index in [0.717, 1.165) is 141 Å². The molecule has 0 saturated carbocycles. The summed E-state index contributed by atoms with van der Waals surface area (Å²) in [5, 5.41) is 0. The van der Waals surface area contributed by atoms with Gasteiger partial charge in [-0.05, 0) is 129 Å². The molecule has 23 nitrogen and oxygen atoms in total. The van der Waals surface area contributed by atoms with Crippen LogP contribution in [0.3, 0.4) is 0 Å². The Hall–Kier alpha value is -6.16. The third-order valence-corrected chi connectivity index (χ3v) is 21.8. The van der Waals surface area contributed by atoms with Gasteiger partial charge in [0, 0.05) is 62.5 Å². The van der Waals surface area contributed by atoms with Crippen LogP contribution < -0.4 is 153 Å². The topological polar surface area (TPSA) is 331 Å². The first-order valence-corrected chi connectivity index (χ1v) is 33.6. The lowest BCUT2D eigenvalue weighted by molar-refractivity contribution is -0.923. The van der Waals surface area contributed by atoms with Crippen molar-refractivity contribution in [3.63, 3.8) is 0 Å². The van der Waals surface area contributed by atoms with E-state index in [4.69, 9.17) is 56.8 Å². The van der Waals surface area contributed by atoms with Gasteiger partial charge in [-0.25, -0.2) is 0 Å². The monoisotopic (exact) mass is 1940 g/mol. The molecule has 107 heavy (non-hydrogen) atoms. The van der Waals surface area contributed by atoms with Gasteiger partial charge in [-0.3, -0.25) is 0 Å². The Morgan fingerprint density at radius 2 is 0.551 bits per heavy atom. The van der Waals surface area contributed by atoms with Gasteiger partial charge in [-0.15, -0.1) is 0 Å². The first-order chi connectivity index (χ1) is 46.1. The van der Waals surface area contributed by atoms with Gasteiger partial charge in [0.05, 0.1) is 151 Å². The number of hydrogen-bond acceptors (Lipinski definition) is 12. The minimum atomic E-state index is 0. The van der Waals surface area contributed by atoms with Crippen LogP contribution in [0, 0.1) is 0 Å². The van der Waals surface area contributed by atoms with E-state index in [1.807, 2.05) is 12.1 Å². The molecule has 8 heterocycles. The number of halogens is 4. The Labute approximate surface area is 698 Å². The van der Waals surface area contributed by atoms with Crippen LogP contribution in [0.2, 0.25) is 0 Å². The van der Waals surface area contributed by atoms with Crippen LogP contribution in [-0.4, -0.2) is 196 Å². The molecule has 14 N–H and O–H groups in total. The van der Waals surface area contributed by atoms with E-state index in [-0.39, 0.29) is 158 Å². The molecule has 4 atom stereocenters. The Morgan fingerprint density at radius 3 is 0.860 bits per heavy atom. The van der Waals surface area contributed by atoms with Crippen molar-refractivity contribution in [2.24, 2.45) is 0 Å². The number of benzene rings is 8. The molecule has 8 aliphatic rings. The lowest BCUT2D eigenvalue weighted by Crippen LogP contribution is -3.00. The molecule has 27 heteroatoms. The second-order valence-corrected chi connectivity index (χ2v) is 29.0. The van der Waals surface area contributed by atoms with Crippen molar-refractivity contribution < 1.29 is 209 Å². The van der Waals surface area contributed by atoms with Crippen LogP contribution in [0.5, 0.6) is 92.0 Å². The predicted octanol–water partition coefficient (Wildman–Crippen LogP) is -2.85. The Bertz CT molecular complexity index is 4010. The minimum Gasteiger partial charge on any atom is -1.00 e. The van der Waals surface area contributed by atoms with Gasteiger partial charge in [-0.1, -0.05) is 36.4 Å². The van der Waals surface area contributed by atoms with E-state index < -0.39 is 0 Å². The van der Waals surface area contributed by atoms with Crippen LogP contribution in [0.25, 0.3) is 0 Å². The molecule has 0 radical (unpaired) electrons. The van der Waals surface area contributed by atoms with E-state index in [1.165, 1.54) is 44.5 Å². The van der Waals surface area contributed by atoms with Crippen molar-refractivity contribution in [2.75, 3.05) is 139 Å². The lowest BCUT2D eigenvalue weighted by Gasteiger charge is -2.44. The highest BCUT2D eigenvalue weighted by Gasteiger charge is 2.45. The van der Waals surface area contributed by atoms with Crippen molar-refractivity contribution in [2.45, 2.75) is 75.5 Å². The normalized spacial score (nSPS) is 18.2. The largest absolute Gasteiger partial charge is 1.00 e. The summed E-state index contributed by atoms with van der Waals surface area (Å²) in [6.07, 6.45) is 6.95. The van der Waals surface area contributed by atoms with Gasteiger partial charge >= 0.3 is 0 Å². The van der Waals surface area contributed by atoms with E-state index in [2.05, 4.69) is 166 Å². The molecular formula is C80H110I4N4O19. The number of rotatable bonds is 8. The molecular weight excluding hydrogens is 1830 g/mol. The van der Waals surface area contributed by atoms with Crippen LogP contribution in [0.15, 0.2) is 121 Å². The smallest absolute Gasteiger partial charge is 0.204 e. The summed E-state index contributed by atoms with van der Waals surface area (Å²) in [6.45, 7) is 4.00. The number of quaternary nitrogens is 4. The van der Waals surface area contributed by atoms with E-state index in [0.29, 0.717) is 69.0 Å². The quantitative estimate of drug-likeness (QED) is 0.110. The minimum absolute atomic E-state index is 0. The number of nitrogens with zero attached hydrogens (tertiary/aromatic N) is 4. The average molecular weight is 1940 g/mol. The van der Waals surface area contributed by atoms with Gasteiger partial charge in [-0.2, -0.15) is 0 Å². The van der Waals surface area contributed by atoms with Crippen LogP contribution in [0.1, 0.15) is 90.9 Å². The highest BCUT2D eigenvalue weighted by atomic mass is 127. The van der Waals surface area contributed by atoms with Gasteiger partial charge in [0.1, 0.15) is 35.7 Å². The third-order valence-electron chi connectivity index (χ3n) is 21.8. The fourth-order valence-corrected chi connectivity index (χ4v) is 15.9. The zero-order valence-electron chi connectivity index (χ0n) is 64.0. The molecule has 0 saturated heterocycles. The maximum atomic E-state index is 7.14. The Kier molecular flexibility index (Phi) is 35.5. The van der Waals surface area contributed by atoms with Crippen molar-refractivity contribution in [1.82, 2.24) is 0 Å². The van der Waals surface area contributed by atoms with Crippen molar-refractivity contribution in [3.8, 4) is 92.0 Å². The summed E-state index contributed by atoms with van der Waals surface area (Å²) in [4.78, 5) is 0. The maximum Gasteiger partial charge on any atom is 0.204 e. The summed E-state index contributed by atoms with van der Waals surface area (Å²) >= 11 is 0. The second-order valence-electron chi connectivity index (χ2n) is 29.0. The maximum absolute atomic E-state index is 7.14. The Morgan fingerprint density at radius 1 is 0.280 bits per heavy atom. The molecule has 0 fully saturated rings. The number of likely N-dealkylation sites (N-methyl/N-ethyl adjacent to an activating group) is 4. The van der Waals surface area contributed by atoms with Crippen molar-refractivity contribution in [3.05, 3.63) is 188 Å². The zero-order valence-corrected chi connectivity index (χ0v) is 72.7. The van der Waals surface area contributed by atoms with Crippen LogP contribution in [-0.2, 0) is 51.4 Å². The fraction of sp³-hybridized carbons (Fsp3) is 0.400. The zero-order chi connectivity index (χ0) is 67.6. The van der Waals surface area contributed by atoms with Gasteiger partial charge in [0.25, 0.3) is 0 Å². The average Bonchev–Trinajstić information content (AvgIpc) is 0.745. The molecule has 0 aliphatic carbocycles. The number of methoxy groups -OCH3 is 8. The summed E-state index contributed by atoms with van der Waals surface area (Å²) in [6, 6.07) is 43.1. The van der Waals surface area contributed by atoms with Gasteiger partial charge < -0.3 is 209 Å². The number of fused-ring (bicyclic) bond motifs is 4. The van der Waals surface area contributed by atoms with Gasteiger partial charge in [0.15, 0.2) is 69.0 Å². The second kappa shape index (κ2) is 39.2. The first kappa shape index (κ1) is 96.9. The molecule has 0 aromatic heterocycles. The summed E-state index contributed by atoms with van der Waals surface area (Å²) in [5.74, 6) is 11.0. The van der Waals surface area contributed by atoms with Crippen LogP contribution >= 0.6 is 0 Å². The van der Waals surface area contributed by atoms with Crippen molar-refractivity contribution >= 4 is 0 Å². The molecule has 12 bridgehead atoms. The van der Waals surface area contributed by atoms with Crippen molar-refractivity contribution in [1.29, 1.82) is 0 Å². The predicted molar refractivity (Wildman–Crippen MR) is 398 cm³/mol. The molecule has 592 valence electrons. The third kappa shape index (κ3) is 19.1. The molecule has 8 aliphatic heterocycles. The summed E-state index contributed by atoms with van der Waals surface area (Å²) in [7, 11) is 32.1. The SMILES string of the molecule is COc1ccc2cc1Oc1ccc(cc1)C[C@H]1c3cc(c(OC)cc3CC[N+]1(C)C)Oc1c(OC)c(OC)cc3c1[C@H](C2)[N+](C)(C)CC3.COc1ccc2cc1Oc1ccc(cc1)C[C@H]1c3cc(c(OC)cc3CC[N+]1(C)C)Oc1c(OC)c(OC)cc3c1[C@H](C2)[N+](C)(C)CC3.O.O.O.O.O.O.O.[I-].[I-].[I-].[I-].